The summed E-state index contributed by atoms with van der Waals surface area (Å²) in [5, 5.41) is 8.48. The molecule has 3 nitrogen and oxygen atoms in total. The van der Waals surface area contributed by atoms with E-state index in [0.717, 1.165) is 11.5 Å². The second kappa shape index (κ2) is 5.24. The highest BCUT2D eigenvalue weighted by Crippen LogP contribution is 2.23. The molecule has 0 saturated heterocycles. The summed E-state index contributed by atoms with van der Waals surface area (Å²) in [5.74, 6) is 1.26. The minimum absolute atomic E-state index is 0.0378. The van der Waals surface area contributed by atoms with Gasteiger partial charge in [-0.25, -0.2) is 0 Å². The third-order valence-corrected chi connectivity index (χ3v) is 3.06. The summed E-state index contributed by atoms with van der Waals surface area (Å²) in [4.78, 5) is 10.3. The largest absolute Gasteiger partial charge is 0.481 e. The van der Waals surface area contributed by atoms with Crippen molar-refractivity contribution < 1.29 is 14.3 Å². The van der Waals surface area contributed by atoms with Crippen molar-refractivity contribution in [3.05, 3.63) is 23.7 Å². The second-order valence-corrected chi connectivity index (χ2v) is 4.93. The zero-order valence-corrected chi connectivity index (χ0v) is 8.78. The Morgan fingerprint density at radius 1 is 1.54 bits per heavy atom. The highest BCUT2D eigenvalue weighted by Gasteiger charge is 2.05. The van der Waals surface area contributed by atoms with E-state index in [4.69, 9.17) is 9.52 Å². The van der Waals surface area contributed by atoms with Crippen molar-refractivity contribution in [3.63, 3.8) is 0 Å². The fourth-order valence-corrected chi connectivity index (χ4v) is 1.95. The van der Waals surface area contributed by atoms with E-state index in [-0.39, 0.29) is 6.42 Å². The van der Waals surface area contributed by atoms with Crippen LogP contribution in [0.25, 0.3) is 0 Å². The average molecular weight is 218 g/mol. The van der Waals surface area contributed by atoms with Gasteiger partial charge < -0.3 is 9.52 Å². The molecule has 0 unspecified atom stereocenters. The molecule has 13 heavy (non-hydrogen) atoms. The van der Waals surface area contributed by atoms with E-state index in [1.807, 2.05) is 12.3 Å². The van der Waals surface area contributed by atoms with Gasteiger partial charge in [0.25, 0.3) is 0 Å². The molecule has 1 N–H and O–H groups in total. The number of furan rings is 1. The maximum Gasteiger partial charge on any atom is 0.311 e. The van der Waals surface area contributed by atoms with Crippen LogP contribution in [0, 0.1) is 0 Å². The van der Waals surface area contributed by atoms with Gasteiger partial charge in [0.05, 0.1) is 5.75 Å². The van der Waals surface area contributed by atoms with Crippen LogP contribution in [0.5, 0.6) is 0 Å². The van der Waals surface area contributed by atoms with Gasteiger partial charge in [-0.15, -0.1) is 0 Å². The van der Waals surface area contributed by atoms with Crippen molar-refractivity contribution >= 4 is 27.6 Å². The molecular weight excluding hydrogens is 208 g/mol. The van der Waals surface area contributed by atoms with Gasteiger partial charge in [0, 0.05) is 0 Å². The van der Waals surface area contributed by atoms with Gasteiger partial charge in [0.1, 0.15) is 17.9 Å². The minimum Gasteiger partial charge on any atom is -0.481 e. The number of carboxylic acid groups (broad SMARTS) is 1. The highest BCUT2D eigenvalue weighted by molar-refractivity contribution is 8.76. The van der Waals surface area contributed by atoms with Crippen LogP contribution in [0.15, 0.2) is 16.5 Å². The van der Waals surface area contributed by atoms with E-state index in [9.17, 15) is 4.79 Å². The Kier molecular flexibility index (Phi) is 4.24. The molecule has 0 saturated carbocycles. The molecule has 0 bridgehead atoms. The lowest BCUT2D eigenvalue weighted by atomic mass is 10.3. The molecule has 0 aliphatic carbocycles. The molecule has 1 heterocycles. The number of hydrogen-bond donors (Lipinski definition) is 1. The lowest BCUT2D eigenvalue weighted by Gasteiger charge is -1.93. The molecule has 1 rings (SSSR count). The van der Waals surface area contributed by atoms with Gasteiger partial charge in [0.2, 0.25) is 0 Å². The van der Waals surface area contributed by atoms with E-state index in [1.165, 1.54) is 0 Å². The fraction of sp³-hybridized carbons (Fsp3) is 0.375. The standard InChI is InChI=1S/C8H10O3S2/c1-12-13-5-7-3-2-6(11-7)4-8(9)10/h2-3H,4-5H2,1H3,(H,9,10). The van der Waals surface area contributed by atoms with E-state index in [0.29, 0.717) is 5.76 Å². The molecule has 0 aliphatic heterocycles. The van der Waals surface area contributed by atoms with E-state index in [1.54, 1.807) is 27.7 Å². The lowest BCUT2D eigenvalue weighted by Crippen LogP contribution is -1.97. The molecule has 72 valence electrons. The normalized spacial score (nSPS) is 10.2. The van der Waals surface area contributed by atoms with Crippen LogP contribution in [0.1, 0.15) is 11.5 Å². The van der Waals surface area contributed by atoms with Gasteiger partial charge >= 0.3 is 5.97 Å². The topological polar surface area (TPSA) is 50.4 Å². The maximum atomic E-state index is 10.3. The highest BCUT2D eigenvalue weighted by atomic mass is 33.1. The quantitative estimate of drug-likeness (QED) is 0.769. The first-order valence-electron chi connectivity index (χ1n) is 3.67. The molecule has 5 heteroatoms. The lowest BCUT2D eigenvalue weighted by molar-refractivity contribution is -0.136. The average Bonchev–Trinajstić information content (AvgIpc) is 2.48. The van der Waals surface area contributed by atoms with Crippen LogP contribution in [-0.2, 0) is 17.0 Å². The predicted molar refractivity (Wildman–Crippen MR) is 54.9 cm³/mol. The Labute approximate surface area is 84.3 Å². The fourth-order valence-electron chi connectivity index (χ4n) is 0.861. The Hall–Kier alpha value is -0.550. The maximum absolute atomic E-state index is 10.3. The molecule has 1 aromatic heterocycles. The smallest absolute Gasteiger partial charge is 0.311 e. The summed E-state index contributed by atoms with van der Waals surface area (Å²) < 4.78 is 5.28. The summed E-state index contributed by atoms with van der Waals surface area (Å²) in [6, 6.07) is 3.53. The van der Waals surface area contributed by atoms with E-state index >= 15 is 0 Å². The second-order valence-electron chi connectivity index (χ2n) is 2.37. The van der Waals surface area contributed by atoms with Crippen LogP contribution >= 0.6 is 21.6 Å². The Morgan fingerprint density at radius 2 is 2.23 bits per heavy atom. The van der Waals surface area contributed by atoms with Crippen molar-refractivity contribution in [3.8, 4) is 0 Å². The van der Waals surface area contributed by atoms with Crippen LogP contribution in [-0.4, -0.2) is 17.3 Å². The third kappa shape index (κ3) is 3.78. The number of rotatable bonds is 5. The third-order valence-electron chi connectivity index (χ3n) is 1.36. The Balaban J connectivity index is 2.48. The number of carbonyl (C=O) groups is 1. The number of aliphatic carboxylic acids is 1. The molecule has 0 aliphatic rings. The molecular formula is C8H10O3S2. The first-order chi connectivity index (χ1) is 6.22. The molecule has 0 amide bonds. The first-order valence-corrected chi connectivity index (χ1v) is 6.40. The van der Waals surface area contributed by atoms with Crippen molar-refractivity contribution in [1.82, 2.24) is 0 Å². The Bertz CT molecular complexity index is 283. The minimum atomic E-state index is -0.863. The number of carboxylic acids is 1. The SMILES string of the molecule is CSSCc1ccc(CC(=O)O)o1. The molecule has 0 spiro atoms. The monoisotopic (exact) mass is 218 g/mol. The zero-order chi connectivity index (χ0) is 9.68. The molecule has 0 radical (unpaired) electrons. The predicted octanol–water partition coefficient (Wildman–Crippen LogP) is 2.42. The molecule has 0 fully saturated rings. The van der Waals surface area contributed by atoms with Gasteiger partial charge in [-0.3, -0.25) is 4.79 Å². The Morgan fingerprint density at radius 3 is 2.85 bits per heavy atom. The van der Waals surface area contributed by atoms with Crippen molar-refractivity contribution in [2.45, 2.75) is 12.2 Å². The molecule has 0 atom stereocenters. The zero-order valence-electron chi connectivity index (χ0n) is 7.15. The number of hydrogen-bond acceptors (Lipinski definition) is 4. The summed E-state index contributed by atoms with van der Waals surface area (Å²) in [7, 11) is 3.33. The summed E-state index contributed by atoms with van der Waals surface area (Å²) in [5.41, 5.74) is 0. The van der Waals surface area contributed by atoms with Crippen LogP contribution in [0.2, 0.25) is 0 Å². The van der Waals surface area contributed by atoms with E-state index in [2.05, 4.69) is 0 Å². The summed E-state index contributed by atoms with van der Waals surface area (Å²) >= 11 is 0. The molecule has 0 aromatic carbocycles. The van der Waals surface area contributed by atoms with Gasteiger partial charge in [-0.2, -0.15) is 0 Å². The van der Waals surface area contributed by atoms with Crippen molar-refractivity contribution in [2.75, 3.05) is 6.26 Å². The van der Waals surface area contributed by atoms with Crippen molar-refractivity contribution in [1.29, 1.82) is 0 Å². The summed E-state index contributed by atoms with van der Waals surface area (Å²) in [6.07, 6.45) is 1.95. The van der Waals surface area contributed by atoms with Crippen LogP contribution in [0.3, 0.4) is 0 Å². The van der Waals surface area contributed by atoms with Crippen molar-refractivity contribution in [2.24, 2.45) is 0 Å². The van der Waals surface area contributed by atoms with Gasteiger partial charge in [-0.1, -0.05) is 21.6 Å². The van der Waals surface area contributed by atoms with Crippen LogP contribution in [0.4, 0.5) is 0 Å². The van der Waals surface area contributed by atoms with Crippen LogP contribution < -0.4 is 0 Å². The van der Waals surface area contributed by atoms with E-state index < -0.39 is 5.97 Å². The van der Waals surface area contributed by atoms with Gasteiger partial charge in [-0.05, 0) is 18.4 Å². The first kappa shape index (κ1) is 10.5. The molecule has 1 aromatic rings. The van der Waals surface area contributed by atoms with Gasteiger partial charge in [0.15, 0.2) is 0 Å². The summed E-state index contributed by atoms with van der Waals surface area (Å²) in [6.45, 7) is 0.